The number of hydrogen-bond acceptors (Lipinski definition) is 7. The van der Waals surface area contributed by atoms with Crippen LogP contribution in [-0.4, -0.2) is 24.9 Å². The Bertz CT molecular complexity index is 643. The molecule has 0 aliphatic rings. The van der Waals surface area contributed by atoms with Gasteiger partial charge in [-0.25, -0.2) is 0 Å². The van der Waals surface area contributed by atoms with Gasteiger partial charge in [0.1, 0.15) is 6.04 Å². The fraction of sp³-hybridized carbons (Fsp3) is 0.200. The Morgan fingerprint density at radius 1 is 1.44 bits per heavy atom. The first-order chi connectivity index (χ1) is 8.74. The average molecular weight is 262 g/mol. The van der Waals surface area contributed by atoms with Crippen molar-refractivity contribution >= 4 is 11.3 Å². The van der Waals surface area contributed by atoms with Crippen LogP contribution in [0.25, 0.3) is 10.7 Å². The summed E-state index contributed by atoms with van der Waals surface area (Å²) in [5.41, 5.74) is 8.58. The van der Waals surface area contributed by atoms with Crippen molar-refractivity contribution in [3.8, 4) is 10.7 Å². The summed E-state index contributed by atoms with van der Waals surface area (Å²) in [7, 11) is 1.83. The highest BCUT2D eigenvalue weighted by molar-refractivity contribution is 7.13. The van der Waals surface area contributed by atoms with E-state index in [1.54, 1.807) is 22.6 Å². The van der Waals surface area contributed by atoms with E-state index in [1.807, 2.05) is 13.2 Å². The summed E-state index contributed by atoms with van der Waals surface area (Å²) in [5, 5.41) is 7.95. The first-order valence-electron chi connectivity index (χ1n) is 5.20. The maximum atomic E-state index is 6.03. The van der Waals surface area contributed by atoms with Crippen molar-refractivity contribution in [1.82, 2.24) is 24.9 Å². The zero-order valence-electron chi connectivity index (χ0n) is 9.52. The standard InChI is InChI=1S/C10H10N6OS/c1-16-4-6(2-13-16)8(11)10-14-9(15-17-10)7-3-12-5-18-7/h2-5,8H,11H2,1H3. The van der Waals surface area contributed by atoms with E-state index >= 15 is 0 Å². The van der Waals surface area contributed by atoms with Gasteiger partial charge in [-0.2, -0.15) is 10.1 Å². The number of hydrogen-bond donors (Lipinski definition) is 1. The van der Waals surface area contributed by atoms with Crippen LogP contribution in [0.2, 0.25) is 0 Å². The van der Waals surface area contributed by atoms with Gasteiger partial charge >= 0.3 is 0 Å². The molecule has 3 aromatic heterocycles. The van der Waals surface area contributed by atoms with Crippen LogP contribution in [0, 0.1) is 0 Å². The Morgan fingerprint density at radius 3 is 3.00 bits per heavy atom. The maximum Gasteiger partial charge on any atom is 0.248 e. The molecule has 0 amide bonds. The lowest BCUT2D eigenvalue weighted by Crippen LogP contribution is -2.11. The van der Waals surface area contributed by atoms with Crippen molar-refractivity contribution in [2.45, 2.75) is 6.04 Å². The molecule has 92 valence electrons. The third-order valence-electron chi connectivity index (χ3n) is 2.44. The molecule has 0 fully saturated rings. The van der Waals surface area contributed by atoms with Gasteiger partial charge in [-0.3, -0.25) is 9.67 Å². The van der Waals surface area contributed by atoms with Gasteiger partial charge in [0, 0.05) is 25.0 Å². The van der Waals surface area contributed by atoms with Gasteiger partial charge in [-0.05, 0) is 0 Å². The summed E-state index contributed by atoms with van der Waals surface area (Å²) < 4.78 is 6.85. The molecule has 0 aliphatic heterocycles. The Kier molecular flexibility index (Phi) is 2.65. The molecular formula is C10H10N6OS. The normalized spacial score (nSPS) is 12.8. The van der Waals surface area contributed by atoms with E-state index in [2.05, 4.69) is 20.2 Å². The topological polar surface area (TPSA) is 95.7 Å². The van der Waals surface area contributed by atoms with E-state index in [0.29, 0.717) is 11.7 Å². The van der Waals surface area contributed by atoms with Gasteiger partial charge in [-0.1, -0.05) is 5.16 Å². The molecule has 7 nitrogen and oxygen atoms in total. The van der Waals surface area contributed by atoms with E-state index in [0.717, 1.165) is 10.4 Å². The highest BCUT2D eigenvalue weighted by Gasteiger charge is 2.19. The van der Waals surface area contributed by atoms with E-state index in [9.17, 15) is 0 Å². The first-order valence-corrected chi connectivity index (χ1v) is 6.08. The Labute approximate surface area is 106 Å². The van der Waals surface area contributed by atoms with E-state index < -0.39 is 6.04 Å². The monoisotopic (exact) mass is 262 g/mol. The van der Waals surface area contributed by atoms with Crippen LogP contribution >= 0.6 is 11.3 Å². The van der Waals surface area contributed by atoms with Crippen LogP contribution in [0.15, 0.2) is 28.6 Å². The predicted octanol–water partition coefficient (Wildman–Crippen LogP) is 0.975. The highest BCUT2D eigenvalue weighted by atomic mass is 32.1. The lowest BCUT2D eigenvalue weighted by Gasteiger charge is -2.01. The summed E-state index contributed by atoms with van der Waals surface area (Å²) in [6.07, 6.45) is 5.19. The second-order valence-corrected chi connectivity index (χ2v) is 4.63. The SMILES string of the molecule is Cn1cc(C(N)c2nc(-c3cncs3)no2)cn1. The summed E-state index contributed by atoms with van der Waals surface area (Å²) in [6.45, 7) is 0. The van der Waals surface area contributed by atoms with E-state index in [1.165, 1.54) is 11.3 Å². The maximum absolute atomic E-state index is 6.03. The van der Waals surface area contributed by atoms with E-state index in [-0.39, 0.29) is 0 Å². The molecule has 3 heterocycles. The summed E-state index contributed by atoms with van der Waals surface area (Å²) in [6, 6.07) is -0.465. The fourth-order valence-corrected chi connectivity index (χ4v) is 2.08. The van der Waals surface area contributed by atoms with Crippen molar-refractivity contribution in [3.63, 3.8) is 0 Å². The number of aryl methyl sites for hydroxylation is 1. The molecule has 0 bridgehead atoms. The largest absolute Gasteiger partial charge is 0.337 e. The predicted molar refractivity (Wildman–Crippen MR) is 64.6 cm³/mol. The molecule has 0 saturated heterocycles. The highest BCUT2D eigenvalue weighted by Crippen LogP contribution is 2.23. The van der Waals surface area contributed by atoms with Gasteiger partial charge < -0.3 is 10.3 Å². The lowest BCUT2D eigenvalue weighted by molar-refractivity contribution is 0.367. The van der Waals surface area contributed by atoms with Crippen LogP contribution in [0.5, 0.6) is 0 Å². The van der Waals surface area contributed by atoms with Crippen LogP contribution < -0.4 is 5.73 Å². The quantitative estimate of drug-likeness (QED) is 0.755. The van der Waals surface area contributed by atoms with Crippen LogP contribution in [0.1, 0.15) is 17.5 Å². The number of nitrogens with zero attached hydrogens (tertiary/aromatic N) is 5. The molecule has 18 heavy (non-hydrogen) atoms. The van der Waals surface area contributed by atoms with Crippen LogP contribution in [0.3, 0.4) is 0 Å². The minimum absolute atomic E-state index is 0.367. The molecule has 0 saturated carbocycles. The molecule has 0 spiro atoms. The van der Waals surface area contributed by atoms with Crippen LogP contribution in [-0.2, 0) is 7.05 Å². The Balaban J connectivity index is 1.89. The van der Waals surface area contributed by atoms with Crippen molar-refractivity contribution in [2.75, 3.05) is 0 Å². The summed E-state index contributed by atoms with van der Waals surface area (Å²) in [4.78, 5) is 9.09. The minimum Gasteiger partial charge on any atom is -0.337 e. The number of aromatic nitrogens is 5. The zero-order chi connectivity index (χ0) is 12.5. The van der Waals surface area contributed by atoms with Crippen molar-refractivity contribution in [2.24, 2.45) is 12.8 Å². The molecule has 8 heteroatoms. The molecule has 3 aromatic rings. The Morgan fingerprint density at radius 2 is 2.33 bits per heavy atom. The van der Waals surface area contributed by atoms with Crippen molar-refractivity contribution in [1.29, 1.82) is 0 Å². The molecule has 0 radical (unpaired) electrons. The molecule has 0 aliphatic carbocycles. The molecule has 0 aromatic carbocycles. The van der Waals surface area contributed by atoms with Crippen molar-refractivity contribution < 1.29 is 4.52 Å². The zero-order valence-corrected chi connectivity index (χ0v) is 10.3. The third kappa shape index (κ3) is 1.91. The van der Waals surface area contributed by atoms with Gasteiger partial charge in [0.05, 0.1) is 16.6 Å². The summed E-state index contributed by atoms with van der Waals surface area (Å²) in [5.74, 6) is 0.873. The average Bonchev–Trinajstić information content (AvgIpc) is 3.09. The first kappa shape index (κ1) is 11.1. The second kappa shape index (κ2) is 4.31. The van der Waals surface area contributed by atoms with Crippen molar-refractivity contribution in [3.05, 3.63) is 35.6 Å². The lowest BCUT2D eigenvalue weighted by atomic mass is 10.2. The third-order valence-corrected chi connectivity index (χ3v) is 3.21. The molecular weight excluding hydrogens is 252 g/mol. The van der Waals surface area contributed by atoms with Gasteiger partial charge in [0.2, 0.25) is 11.7 Å². The Hall–Kier alpha value is -2.06. The smallest absolute Gasteiger partial charge is 0.248 e. The number of rotatable bonds is 3. The van der Waals surface area contributed by atoms with Gasteiger partial charge in [0.15, 0.2) is 0 Å². The van der Waals surface area contributed by atoms with Crippen LogP contribution in [0.4, 0.5) is 0 Å². The summed E-state index contributed by atoms with van der Waals surface area (Å²) >= 11 is 1.45. The molecule has 1 unspecified atom stereocenters. The molecule has 1 atom stereocenters. The number of nitrogens with two attached hydrogens (primary N) is 1. The fourth-order valence-electron chi connectivity index (χ4n) is 1.53. The molecule has 2 N–H and O–H groups in total. The van der Waals surface area contributed by atoms with Gasteiger partial charge in [-0.15, -0.1) is 11.3 Å². The number of thiazole rings is 1. The van der Waals surface area contributed by atoms with Gasteiger partial charge in [0.25, 0.3) is 0 Å². The van der Waals surface area contributed by atoms with E-state index in [4.69, 9.17) is 10.3 Å². The second-order valence-electron chi connectivity index (χ2n) is 3.75. The molecule has 3 rings (SSSR count). The minimum atomic E-state index is -0.465.